The van der Waals surface area contributed by atoms with Gasteiger partial charge in [0.25, 0.3) is 0 Å². The fraction of sp³-hybridized carbons (Fsp3) is 0.238. The SMILES string of the molecule is CCCC/C(F)=C(/F)c1ccc(C#Cc2ccc(OC)cc2)cc1. The summed E-state index contributed by atoms with van der Waals surface area (Å²) in [6.45, 7) is 1.95. The van der Waals surface area contributed by atoms with E-state index in [-0.39, 0.29) is 12.0 Å². The molecule has 0 aromatic heterocycles. The third-order valence-electron chi connectivity index (χ3n) is 3.57. The van der Waals surface area contributed by atoms with Gasteiger partial charge in [0, 0.05) is 23.1 Å². The van der Waals surface area contributed by atoms with Gasteiger partial charge in [-0.25, -0.2) is 8.78 Å². The Hall–Kier alpha value is -2.60. The second-order valence-electron chi connectivity index (χ2n) is 5.38. The van der Waals surface area contributed by atoms with Crippen molar-refractivity contribution in [1.82, 2.24) is 0 Å². The Bertz CT molecular complexity index is 747. The minimum absolute atomic E-state index is 0.140. The number of ether oxygens (including phenoxy) is 1. The van der Waals surface area contributed by atoms with Gasteiger partial charge in [0.05, 0.1) is 7.11 Å². The van der Waals surface area contributed by atoms with Gasteiger partial charge in [-0.2, -0.15) is 0 Å². The Balaban J connectivity index is 2.11. The van der Waals surface area contributed by atoms with Crippen molar-refractivity contribution in [3.63, 3.8) is 0 Å². The van der Waals surface area contributed by atoms with Crippen LogP contribution in [0.4, 0.5) is 8.78 Å². The zero-order valence-electron chi connectivity index (χ0n) is 13.9. The van der Waals surface area contributed by atoms with Gasteiger partial charge in [0.15, 0.2) is 5.83 Å². The number of benzene rings is 2. The lowest BCUT2D eigenvalue weighted by Crippen LogP contribution is -1.85. The third kappa shape index (κ3) is 4.96. The van der Waals surface area contributed by atoms with Gasteiger partial charge < -0.3 is 4.74 Å². The first-order valence-electron chi connectivity index (χ1n) is 7.94. The summed E-state index contributed by atoms with van der Waals surface area (Å²) in [6.07, 6.45) is 1.62. The Morgan fingerprint density at radius 1 is 0.917 bits per heavy atom. The van der Waals surface area contributed by atoms with E-state index in [0.717, 1.165) is 23.3 Å². The number of unbranched alkanes of at least 4 members (excludes halogenated alkanes) is 1. The number of halogens is 2. The summed E-state index contributed by atoms with van der Waals surface area (Å²) >= 11 is 0. The number of hydrogen-bond donors (Lipinski definition) is 0. The molecule has 0 amide bonds. The highest BCUT2D eigenvalue weighted by atomic mass is 19.2. The van der Waals surface area contributed by atoms with E-state index in [9.17, 15) is 8.78 Å². The summed E-state index contributed by atoms with van der Waals surface area (Å²) in [5.74, 6) is 5.34. The van der Waals surface area contributed by atoms with Crippen LogP contribution in [-0.2, 0) is 0 Å². The van der Waals surface area contributed by atoms with E-state index in [2.05, 4.69) is 11.8 Å². The Morgan fingerprint density at radius 3 is 1.96 bits per heavy atom. The van der Waals surface area contributed by atoms with Crippen molar-refractivity contribution in [2.75, 3.05) is 7.11 Å². The second-order valence-corrected chi connectivity index (χ2v) is 5.38. The average Bonchev–Trinajstić information content (AvgIpc) is 2.64. The smallest absolute Gasteiger partial charge is 0.161 e. The standard InChI is InChI=1S/C21H20F2O/c1-3-4-5-20(22)21(23)18-12-8-16(9-13-18)6-7-17-10-14-19(24-2)15-11-17/h8-15H,3-5H2,1-2H3/b21-20-. The molecule has 0 unspecified atom stereocenters. The fourth-order valence-electron chi connectivity index (χ4n) is 2.12. The zero-order valence-corrected chi connectivity index (χ0v) is 13.9. The van der Waals surface area contributed by atoms with E-state index in [4.69, 9.17) is 4.74 Å². The van der Waals surface area contributed by atoms with Crippen molar-refractivity contribution in [3.05, 3.63) is 71.0 Å². The minimum atomic E-state index is -0.780. The van der Waals surface area contributed by atoms with Gasteiger partial charge in [-0.15, -0.1) is 0 Å². The van der Waals surface area contributed by atoms with Gasteiger partial charge in [-0.1, -0.05) is 37.3 Å². The molecule has 0 aliphatic rings. The Morgan fingerprint density at radius 2 is 1.46 bits per heavy atom. The van der Waals surface area contributed by atoms with Crippen molar-refractivity contribution >= 4 is 5.83 Å². The zero-order chi connectivity index (χ0) is 17.4. The van der Waals surface area contributed by atoms with Crippen LogP contribution in [0.2, 0.25) is 0 Å². The predicted octanol–water partition coefficient (Wildman–Crippen LogP) is 5.89. The second kappa shape index (κ2) is 8.88. The van der Waals surface area contributed by atoms with Crippen LogP contribution in [0.3, 0.4) is 0 Å². The number of allylic oxidation sites excluding steroid dienone is 1. The Labute approximate surface area is 142 Å². The predicted molar refractivity (Wildman–Crippen MR) is 94.1 cm³/mol. The molecule has 0 aliphatic heterocycles. The van der Waals surface area contributed by atoms with Crippen molar-refractivity contribution in [3.8, 4) is 17.6 Å². The lowest BCUT2D eigenvalue weighted by Gasteiger charge is -2.01. The molecule has 0 N–H and O–H groups in total. The van der Waals surface area contributed by atoms with Crippen LogP contribution in [0.5, 0.6) is 5.75 Å². The van der Waals surface area contributed by atoms with Crippen molar-refractivity contribution < 1.29 is 13.5 Å². The molecule has 0 saturated carbocycles. The van der Waals surface area contributed by atoms with Crippen LogP contribution in [0.25, 0.3) is 5.83 Å². The van der Waals surface area contributed by atoms with Gasteiger partial charge in [-0.05, 0) is 42.8 Å². The first kappa shape index (κ1) is 17.7. The van der Waals surface area contributed by atoms with E-state index in [0.29, 0.717) is 6.42 Å². The number of hydrogen-bond acceptors (Lipinski definition) is 1. The van der Waals surface area contributed by atoms with Crippen LogP contribution in [-0.4, -0.2) is 7.11 Å². The van der Waals surface area contributed by atoms with Crippen LogP contribution < -0.4 is 4.74 Å². The van der Waals surface area contributed by atoms with Gasteiger partial charge >= 0.3 is 0 Å². The molecule has 2 rings (SSSR count). The molecule has 0 aliphatic carbocycles. The summed E-state index contributed by atoms with van der Waals surface area (Å²) in [7, 11) is 1.61. The van der Waals surface area contributed by atoms with E-state index < -0.39 is 11.7 Å². The van der Waals surface area contributed by atoms with E-state index in [1.807, 2.05) is 31.2 Å². The molecule has 24 heavy (non-hydrogen) atoms. The molecule has 2 aromatic carbocycles. The fourth-order valence-corrected chi connectivity index (χ4v) is 2.12. The summed E-state index contributed by atoms with van der Waals surface area (Å²) in [4.78, 5) is 0. The maximum atomic E-state index is 14.0. The third-order valence-corrected chi connectivity index (χ3v) is 3.57. The van der Waals surface area contributed by atoms with E-state index >= 15 is 0 Å². The molecular weight excluding hydrogens is 306 g/mol. The molecule has 0 spiro atoms. The first-order chi connectivity index (χ1) is 11.6. The van der Waals surface area contributed by atoms with Crippen LogP contribution >= 0.6 is 0 Å². The molecule has 0 bridgehead atoms. The molecule has 1 nitrogen and oxygen atoms in total. The first-order valence-corrected chi connectivity index (χ1v) is 7.94. The highest BCUT2D eigenvalue weighted by Gasteiger charge is 2.08. The maximum absolute atomic E-state index is 14.0. The van der Waals surface area contributed by atoms with Gasteiger partial charge in [-0.3, -0.25) is 0 Å². The van der Waals surface area contributed by atoms with E-state index in [1.165, 1.54) is 0 Å². The summed E-state index contributed by atoms with van der Waals surface area (Å²) in [5, 5.41) is 0. The highest BCUT2D eigenvalue weighted by molar-refractivity contribution is 5.62. The lowest BCUT2D eigenvalue weighted by molar-refractivity contribution is 0.415. The average molecular weight is 326 g/mol. The molecular formula is C21H20F2O. The van der Waals surface area contributed by atoms with Crippen LogP contribution in [0.15, 0.2) is 54.4 Å². The van der Waals surface area contributed by atoms with Crippen LogP contribution in [0.1, 0.15) is 42.9 Å². The van der Waals surface area contributed by atoms with Gasteiger partial charge in [0.1, 0.15) is 11.6 Å². The van der Waals surface area contributed by atoms with Crippen molar-refractivity contribution in [2.24, 2.45) is 0 Å². The highest BCUT2D eigenvalue weighted by Crippen LogP contribution is 2.25. The molecule has 2 aromatic rings. The molecule has 3 heteroatoms. The quantitative estimate of drug-likeness (QED) is 0.622. The summed E-state index contributed by atoms with van der Waals surface area (Å²) < 4.78 is 32.7. The molecule has 0 saturated heterocycles. The largest absolute Gasteiger partial charge is 0.497 e. The van der Waals surface area contributed by atoms with Gasteiger partial charge in [0.2, 0.25) is 0 Å². The monoisotopic (exact) mass is 326 g/mol. The van der Waals surface area contributed by atoms with Crippen molar-refractivity contribution in [2.45, 2.75) is 26.2 Å². The molecule has 0 heterocycles. The summed E-state index contributed by atoms with van der Waals surface area (Å²) in [5.41, 5.74) is 1.85. The molecule has 0 fully saturated rings. The lowest BCUT2D eigenvalue weighted by atomic mass is 10.1. The molecule has 0 atom stereocenters. The minimum Gasteiger partial charge on any atom is -0.497 e. The number of rotatable bonds is 5. The topological polar surface area (TPSA) is 9.23 Å². The molecule has 0 radical (unpaired) electrons. The summed E-state index contributed by atoms with van der Waals surface area (Å²) in [6, 6.07) is 13.9. The van der Waals surface area contributed by atoms with Crippen molar-refractivity contribution in [1.29, 1.82) is 0 Å². The van der Waals surface area contributed by atoms with Crippen LogP contribution in [0, 0.1) is 11.8 Å². The molecule has 124 valence electrons. The Kier molecular flexibility index (Phi) is 6.57. The normalized spacial score (nSPS) is 11.3. The number of methoxy groups -OCH3 is 1. The maximum Gasteiger partial charge on any atom is 0.161 e. The van der Waals surface area contributed by atoms with E-state index in [1.54, 1.807) is 31.4 Å².